The van der Waals surface area contributed by atoms with Gasteiger partial charge in [-0.3, -0.25) is 4.79 Å². The Hall–Kier alpha value is -2.97. The summed E-state index contributed by atoms with van der Waals surface area (Å²) in [6.45, 7) is 3.22. The quantitative estimate of drug-likeness (QED) is 0.438. The number of thioether (sulfide) groups is 1. The average Bonchev–Trinajstić information content (AvgIpc) is 3.13. The van der Waals surface area contributed by atoms with Gasteiger partial charge in [-0.05, 0) is 24.6 Å². The second-order valence-electron chi connectivity index (χ2n) is 6.93. The number of nitrogens with zero attached hydrogens (tertiary/aromatic N) is 4. The van der Waals surface area contributed by atoms with Gasteiger partial charge in [-0.2, -0.15) is 0 Å². The Kier molecular flexibility index (Phi) is 6.25. The molecule has 0 unspecified atom stereocenters. The molecule has 2 aromatic heterocycles. The highest BCUT2D eigenvalue weighted by atomic mass is 32.2. The number of hydrogen-bond donors (Lipinski definition) is 1. The third-order valence-electron chi connectivity index (χ3n) is 4.82. The number of benzene rings is 2. The van der Waals surface area contributed by atoms with E-state index < -0.39 is 0 Å². The first kappa shape index (κ1) is 20.3. The van der Waals surface area contributed by atoms with E-state index in [0.717, 1.165) is 11.0 Å². The molecule has 2 heterocycles. The van der Waals surface area contributed by atoms with Crippen molar-refractivity contribution in [1.82, 2.24) is 24.7 Å². The van der Waals surface area contributed by atoms with Crippen molar-refractivity contribution < 1.29 is 4.74 Å². The maximum Gasteiger partial charge on any atom is 0.258 e. The molecule has 0 spiro atoms. The van der Waals surface area contributed by atoms with E-state index in [1.807, 2.05) is 43.3 Å². The van der Waals surface area contributed by atoms with Crippen LogP contribution in [0.3, 0.4) is 0 Å². The number of fused-ring (bicyclic) bond motifs is 1. The van der Waals surface area contributed by atoms with Gasteiger partial charge in [0.25, 0.3) is 5.56 Å². The van der Waals surface area contributed by atoms with Crippen LogP contribution < -0.4 is 5.56 Å². The monoisotopic (exact) mass is 421 g/mol. The lowest BCUT2D eigenvalue weighted by Crippen LogP contribution is -2.14. The van der Waals surface area contributed by atoms with Crippen molar-refractivity contribution in [3.63, 3.8) is 0 Å². The number of methoxy groups -OCH3 is 1. The van der Waals surface area contributed by atoms with Crippen LogP contribution in [-0.2, 0) is 17.7 Å². The summed E-state index contributed by atoms with van der Waals surface area (Å²) < 4.78 is 7.36. The van der Waals surface area contributed by atoms with E-state index in [2.05, 4.69) is 36.9 Å². The highest BCUT2D eigenvalue weighted by molar-refractivity contribution is 7.99. The van der Waals surface area contributed by atoms with E-state index in [4.69, 9.17) is 4.74 Å². The number of ether oxygens (including phenoxy) is 1. The van der Waals surface area contributed by atoms with Crippen molar-refractivity contribution in [2.75, 3.05) is 13.7 Å². The fraction of sp³-hybridized carbons (Fsp3) is 0.273. The number of rotatable bonds is 8. The van der Waals surface area contributed by atoms with Crippen LogP contribution in [-0.4, -0.2) is 38.4 Å². The van der Waals surface area contributed by atoms with Crippen LogP contribution in [0.1, 0.15) is 29.4 Å². The van der Waals surface area contributed by atoms with Crippen molar-refractivity contribution in [3.05, 3.63) is 82.2 Å². The summed E-state index contributed by atoms with van der Waals surface area (Å²) in [6, 6.07) is 17.5. The first-order chi connectivity index (χ1) is 14.7. The van der Waals surface area contributed by atoms with Crippen molar-refractivity contribution in [2.24, 2.45) is 0 Å². The van der Waals surface area contributed by atoms with Crippen molar-refractivity contribution in [3.8, 4) is 0 Å². The zero-order valence-electron chi connectivity index (χ0n) is 16.9. The number of aromatic nitrogens is 5. The third-order valence-corrected chi connectivity index (χ3v) is 5.91. The molecule has 0 radical (unpaired) electrons. The minimum absolute atomic E-state index is 0.0997. The molecule has 0 aliphatic heterocycles. The second-order valence-corrected chi connectivity index (χ2v) is 8.24. The Morgan fingerprint density at radius 3 is 2.67 bits per heavy atom. The summed E-state index contributed by atoms with van der Waals surface area (Å²) in [5.74, 6) is 1.50. The van der Waals surface area contributed by atoms with Gasteiger partial charge in [0.2, 0.25) is 0 Å². The van der Waals surface area contributed by atoms with Gasteiger partial charge >= 0.3 is 0 Å². The van der Waals surface area contributed by atoms with E-state index in [0.29, 0.717) is 36.3 Å². The van der Waals surface area contributed by atoms with Gasteiger partial charge in [0, 0.05) is 20.1 Å². The van der Waals surface area contributed by atoms with Crippen molar-refractivity contribution in [1.29, 1.82) is 0 Å². The summed E-state index contributed by atoms with van der Waals surface area (Å²) in [5, 5.41) is 10.1. The van der Waals surface area contributed by atoms with Crippen LogP contribution in [0.4, 0.5) is 0 Å². The van der Waals surface area contributed by atoms with Gasteiger partial charge < -0.3 is 14.3 Å². The molecule has 0 saturated carbocycles. The third kappa shape index (κ3) is 4.44. The minimum atomic E-state index is -0.131. The lowest BCUT2D eigenvalue weighted by Gasteiger charge is -2.13. The molecule has 8 heteroatoms. The van der Waals surface area contributed by atoms with E-state index in [-0.39, 0.29) is 10.8 Å². The van der Waals surface area contributed by atoms with Crippen LogP contribution in [0, 0.1) is 0 Å². The number of nitrogens with one attached hydrogen (secondary N) is 1. The Bertz CT molecular complexity index is 1190. The lowest BCUT2D eigenvalue weighted by molar-refractivity contribution is 0.184. The Morgan fingerprint density at radius 1 is 1.10 bits per heavy atom. The topological polar surface area (TPSA) is 85.7 Å². The average molecular weight is 422 g/mol. The maximum atomic E-state index is 12.4. The van der Waals surface area contributed by atoms with E-state index in [9.17, 15) is 4.79 Å². The first-order valence-electron chi connectivity index (χ1n) is 9.76. The van der Waals surface area contributed by atoms with Crippen LogP contribution in [0.2, 0.25) is 0 Å². The van der Waals surface area contributed by atoms with Crippen molar-refractivity contribution >= 4 is 22.7 Å². The zero-order chi connectivity index (χ0) is 20.9. The fourth-order valence-electron chi connectivity index (χ4n) is 3.23. The predicted octanol–water partition coefficient (Wildman–Crippen LogP) is 3.61. The summed E-state index contributed by atoms with van der Waals surface area (Å²) in [7, 11) is 1.68. The first-order valence-corrected chi connectivity index (χ1v) is 10.6. The molecule has 0 saturated heterocycles. The second kappa shape index (κ2) is 9.23. The van der Waals surface area contributed by atoms with Crippen LogP contribution in [0.25, 0.3) is 10.9 Å². The standard InChI is InChI=1S/C22H23N5O2S/c1-15(20-23-18-11-7-6-10-17(18)21(28)24-20)30-22-26-25-19(27(22)12-13-29-2)14-16-8-4-3-5-9-16/h3-11,15H,12-14H2,1-2H3,(H,23,24,28)/t15-/m0/s1. The lowest BCUT2D eigenvalue weighted by atomic mass is 10.1. The normalized spacial score (nSPS) is 12.3. The Labute approximate surface area is 178 Å². The van der Waals surface area contributed by atoms with Crippen LogP contribution in [0.15, 0.2) is 64.5 Å². The molecule has 2 aromatic carbocycles. The summed E-state index contributed by atoms with van der Waals surface area (Å²) in [4.78, 5) is 20.0. The molecule has 0 fully saturated rings. The molecule has 0 aliphatic carbocycles. The molecule has 0 bridgehead atoms. The highest BCUT2D eigenvalue weighted by Crippen LogP contribution is 2.32. The SMILES string of the molecule is COCCn1c(Cc2ccccc2)nnc1S[C@@H](C)c1nc2ccccc2c(=O)[nH]1. The smallest absolute Gasteiger partial charge is 0.258 e. The van der Waals surface area contributed by atoms with E-state index >= 15 is 0 Å². The van der Waals surface area contributed by atoms with E-state index in [1.54, 1.807) is 13.2 Å². The Balaban J connectivity index is 1.61. The van der Waals surface area contributed by atoms with Gasteiger partial charge in [-0.15, -0.1) is 10.2 Å². The number of H-pyrrole nitrogens is 1. The van der Waals surface area contributed by atoms with Crippen LogP contribution in [0.5, 0.6) is 0 Å². The molecule has 4 aromatic rings. The van der Waals surface area contributed by atoms with Crippen LogP contribution >= 0.6 is 11.8 Å². The van der Waals surface area contributed by atoms with Gasteiger partial charge in [0.15, 0.2) is 5.16 Å². The van der Waals surface area contributed by atoms with Gasteiger partial charge in [-0.1, -0.05) is 54.2 Å². The van der Waals surface area contributed by atoms with E-state index in [1.165, 1.54) is 17.3 Å². The predicted molar refractivity (Wildman–Crippen MR) is 118 cm³/mol. The Morgan fingerprint density at radius 2 is 1.87 bits per heavy atom. The minimum Gasteiger partial charge on any atom is -0.383 e. The summed E-state index contributed by atoms with van der Waals surface area (Å²) >= 11 is 1.52. The largest absolute Gasteiger partial charge is 0.383 e. The molecule has 7 nitrogen and oxygen atoms in total. The number of aromatic amines is 1. The zero-order valence-corrected chi connectivity index (χ0v) is 17.7. The highest BCUT2D eigenvalue weighted by Gasteiger charge is 2.19. The number of hydrogen-bond acceptors (Lipinski definition) is 6. The maximum absolute atomic E-state index is 12.4. The van der Waals surface area contributed by atoms with Gasteiger partial charge in [0.1, 0.15) is 11.6 Å². The molecule has 154 valence electrons. The fourth-order valence-corrected chi connectivity index (χ4v) is 4.18. The molecule has 0 aliphatic rings. The summed E-state index contributed by atoms with van der Waals surface area (Å²) in [5.41, 5.74) is 1.73. The molecular weight excluding hydrogens is 398 g/mol. The molecule has 1 atom stereocenters. The molecule has 0 amide bonds. The molecule has 4 rings (SSSR count). The molecule has 1 N–H and O–H groups in total. The van der Waals surface area contributed by atoms with Gasteiger partial charge in [-0.25, -0.2) is 4.98 Å². The summed E-state index contributed by atoms with van der Waals surface area (Å²) in [6.07, 6.45) is 0.692. The van der Waals surface area contributed by atoms with Crippen molar-refractivity contribution in [2.45, 2.75) is 30.3 Å². The van der Waals surface area contributed by atoms with Gasteiger partial charge in [0.05, 0.1) is 22.8 Å². The number of para-hydroxylation sites is 1. The molecular formula is C22H23N5O2S. The molecule has 30 heavy (non-hydrogen) atoms.